The second-order valence-electron chi connectivity index (χ2n) is 5.17. The molecule has 1 aromatic carbocycles. The van der Waals surface area contributed by atoms with Crippen LogP contribution in [0.4, 0.5) is 0 Å². The molecule has 0 aliphatic heterocycles. The molecule has 2 heterocycles. The SMILES string of the molecule is Cc1sc(C=NNC(=O)c2ccccc2Cc2cccs2)cc1Br. The third-order valence-corrected chi connectivity index (χ3v) is 6.39. The van der Waals surface area contributed by atoms with E-state index in [0.717, 1.165) is 21.3 Å². The number of aryl methyl sites for hydroxylation is 1. The van der Waals surface area contributed by atoms with Crippen molar-refractivity contribution in [2.45, 2.75) is 13.3 Å². The number of thiophene rings is 2. The number of hydrogen-bond acceptors (Lipinski definition) is 4. The van der Waals surface area contributed by atoms with Gasteiger partial charge in [0.05, 0.1) is 6.21 Å². The van der Waals surface area contributed by atoms with Gasteiger partial charge >= 0.3 is 0 Å². The normalized spacial score (nSPS) is 11.1. The van der Waals surface area contributed by atoms with Gasteiger partial charge in [0.25, 0.3) is 5.91 Å². The Morgan fingerprint density at radius 1 is 1.29 bits per heavy atom. The van der Waals surface area contributed by atoms with E-state index in [4.69, 9.17) is 0 Å². The van der Waals surface area contributed by atoms with Gasteiger partial charge in [-0.25, -0.2) is 5.43 Å². The molecule has 1 N–H and O–H groups in total. The largest absolute Gasteiger partial charge is 0.271 e. The van der Waals surface area contributed by atoms with E-state index in [2.05, 4.69) is 32.5 Å². The minimum atomic E-state index is -0.189. The lowest BCUT2D eigenvalue weighted by molar-refractivity contribution is 0.0954. The summed E-state index contributed by atoms with van der Waals surface area (Å²) in [6, 6.07) is 13.7. The first-order chi connectivity index (χ1) is 11.6. The first-order valence-corrected chi connectivity index (χ1v) is 9.82. The average Bonchev–Trinajstić information content (AvgIpc) is 3.18. The standard InChI is InChI=1S/C18H15BrN2OS2/c1-12-17(19)10-15(24-12)11-20-21-18(22)16-7-3-2-5-13(16)9-14-6-4-8-23-14/h2-8,10-11H,9H2,1H3,(H,21,22). The summed E-state index contributed by atoms with van der Waals surface area (Å²) < 4.78 is 1.06. The Morgan fingerprint density at radius 2 is 2.12 bits per heavy atom. The van der Waals surface area contributed by atoms with Gasteiger partial charge in [-0.2, -0.15) is 5.10 Å². The number of halogens is 1. The van der Waals surface area contributed by atoms with Crippen molar-refractivity contribution >= 4 is 50.7 Å². The maximum atomic E-state index is 12.4. The molecule has 122 valence electrons. The van der Waals surface area contributed by atoms with Gasteiger partial charge in [0.1, 0.15) is 0 Å². The number of nitrogens with one attached hydrogen (secondary N) is 1. The zero-order valence-electron chi connectivity index (χ0n) is 13.0. The molecule has 0 saturated carbocycles. The zero-order chi connectivity index (χ0) is 16.9. The van der Waals surface area contributed by atoms with Crippen LogP contribution in [0.15, 0.2) is 57.4 Å². The summed E-state index contributed by atoms with van der Waals surface area (Å²) in [6.07, 6.45) is 2.42. The van der Waals surface area contributed by atoms with Crippen molar-refractivity contribution in [2.24, 2.45) is 5.10 Å². The quantitative estimate of drug-likeness (QED) is 0.446. The van der Waals surface area contributed by atoms with Gasteiger partial charge in [-0.1, -0.05) is 24.3 Å². The zero-order valence-corrected chi connectivity index (χ0v) is 16.2. The van der Waals surface area contributed by atoms with Gasteiger partial charge in [-0.05, 0) is 52.0 Å². The number of rotatable bonds is 5. The monoisotopic (exact) mass is 418 g/mol. The molecule has 0 spiro atoms. The first-order valence-electron chi connectivity index (χ1n) is 7.33. The van der Waals surface area contributed by atoms with Crippen molar-refractivity contribution in [3.05, 3.63) is 78.1 Å². The van der Waals surface area contributed by atoms with Crippen molar-refractivity contribution in [1.29, 1.82) is 0 Å². The molecule has 6 heteroatoms. The molecule has 1 amide bonds. The van der Waals surface area contributed by atoms with Crippen LogP contribution in [0.2, 0.25) is 0 Å². The Morgan fingerprint density at radius 3 is 2.83 bits per heavy atom. The number of hydrazone groups is 1. The third-order valence-electron chi connectivity index (χ3n) is 3.44. The maximum absolute atomic E-state index is 12.4. The molecule has 0 aliphatic rings. The van der Waals surface area contributed by atoms with Gasteiger partial charge in [-0.15, -0.1) is 22.7 Å². The molecule has 0 aliphatic carbocycles. The lowest BCUT2D eigenvalue weighted by Gasteiger charge is -2.06. The van der Waals surface area contributed by atoms with Gasteiger partial charge in [0.15, 0.2) is 0 Å². The molecule has 2 aromatic heterocycles. The van der Waals surface area contributed by atoms with Crippen molar-refractivity contribution < 1.29 is 4.79 Å². The van der Waals surface area contributed by atoms with Gasteiger partial charge in [-0.3, -0.25) is 4.79 Å². The fourth-order valence-corrected chi connectivity index (χ4v) is 4.42. The third kappa shape index (κ3) is 4.20. The smallest absolute Gasteiger partial charge is 0.267 e. The number of benzene rings is 1. The van der Waals surface area contributed by atoms with Crippen LogP contribution in [0.25, 0.3) is 0 Å². The molecule has 3 nitrogen and oxygen atoms in total. The highest BCUT2D eigenvalue weighted by Gasteiger charge is 2.11. The summed E-state index contributed by atoms with van der Waals surface area (Å²) in [6.45, 7) is 2.03. The number of nitrogens with zero attached hydrogens (tertiary/aromatic N) is 1. The summed E-state index contributed by atoms with van der Waals surface area (Å²) in [4.78, 5) is 15.8. The van der Waals surface area contributed by atoms with Crippen LogP contribution < -0.4 is 5.43 Å². The highest BCUT2D eigenvalue weighted by Crippen LogP contribution is 2.25. The Balaban J connectivity index is 1.70. The van der Waals surface area contributed by atoms with Crippen molar-refractivity contribution in [3.8, 4) is 0 Å². The molecule has 0 radical (unpaired) electrons. The van der Waals surface area contributed by atoms with E-state index in [9.17, 15) is 4.79 Å². The number of amides is 1. The summed E-state index contributed by atoms with van der Waals surface area (Å²) in [5.74, 6) is -0.189. The molecular weight excluding hydrogens is 404 g/mol. The second-order valence-corrected chi connectivity index (χ2v) is 8.34. The second kappa shape index (κ2) is 7.88. The van der Waals surface area contributed by atoms with Crippen molar-refractivity contribution in [3.63, 3.8) is 0 Å². The Hall–Kier alpha value is -1.76. The van der Waals surface area contributed by atoms with Crippen molar-refractivity contribution in [1.82, 2.24) is 5.43 Å². The molecule has 0 fully saturated rings. The summed E-state index contributed by atoms with van der Waals surface area (Å²) >= 11 is 6.79. The highest BCUT2D eigenvalue weighted by molar-refractivity contribution is 9.10. The fraction of sp³-hybridized carbons (Fsp3) is 0.111. The fourth-order valence-electron chi connectivity index (χ4n) is 2.26. The van der Waals surface area contributed by atoms with E-state index in [1.54, 1.807) is 28.9 Å². The van der Waals surface area contributed by atoms with Crippen LogP contribution in [-0.4, -0.2) is 12.1 Å². The molecule has 0 atom stereocenters. The number of carbonyl (C=O) groups is 1. The van der Waals surface area contributed by atoms with E-state index in [1.165, 1.54) is 9.75 Å². The van der Waals surface area contributed by atoms with E-state index in [0.29, 0.717) is 5.56 Å². The first kappa shape index (κ1) is 17.1. The average molecular weight is 419 g/mol. The molecule has 0 bridgehead atoms. The Bertz CT molecular complexity index is 850. The van der Waals surface area contributed by atoms with Gasteiger partial charge in [0, 0.05) is 31.1 Å². The van der Waals surface area contributed by atoms with Crippen molar-refractivity contribution in [2.75, 3.05) is 0 Å². The predicted molar refractivity (Wildman–Crippen MR) is 105 cm³/mol. The lowest BCUT2D eigenvalue weighted by atomic mass is 10.0. The number of carbonyl (C=O) groups excluding carboxylic acids is 1. The minimum Gasteiger partial charge on any atom is -0.267 e. The van der Waals surface area contributed by atoms with Crippen LogP contribution in [0, 0.1) is 6.92 Å². The molecular formula is C18H15BrN2OS2. The van der Waals surface area contributed by atoms with Crippen LogP contribution in [0.3, 0.4) is 0 Å². The molecule has 24 heavy (non-hydrogen) atoms. The summed E-state index contributed by atoms with van der Waals surface area (Å²) in [5, 5.41) is 6.12. The highest BCUT2D eigenvalue weighted by atomic mass is 79.9. The summed E-state index contributed by atoms with van der Waals surface area (Å²) in [5.41, 5.74) is 4.28. The van der Waals surface area contributed by atoms with Crippen LogP contribution >= 0.6 is 38.6 Å². The van der Waals surface area contributed by atoms with Crippen LogP contribution in [0.1, 0.15) is 30.6 Å². The van der Waals surface area contributed by atoms with Gasteiger partial charge < -0.3 is 0 Å². The van der Waals surface area contributed by atoms with Gasteiger partial charge in [0.2, 0.25) is 0 Å². The van der Waals surface area contributed by atoms with Crippen LogP contribution in [-0.2, 0) is 6.42 Å². The molecule has 0 unspecified atom stereocenters. The van der Waals surface area contributed by atoms with E-state index in [1.807, 2.05) is 48.7 Å². The molecule has 3 aromatic rings. The van der Waals surface area contributed by atoms with E-state index >= 15 is 0 Å². The Labute approximate surface area is 157 Å². The lowest BCUT2D eigenvalue weighted by Crippen LogP contribution is -2.19. The topological polar surface area (TPSA) is 41.5 Å². The Kier molecular flexibility index (Phi) is 5.60. The minimum absolute atomic E-state index is 0.189. The molecule has 3 rings (SSSR count). The molecule has 0 saturated heterocycles. The van der Waals surface area contributed by atoms with E-state index in [-0.39, 0.29) is 5.91 Å². The number of hydrogen-bond donors (Lipinski definition) is 1. The maximum Gasteiger partial charge on any atom is 0.271 e. The van der Waals surface area contributed by atoms with Crippen LogP contribution in [0.5, 0.6) is 0 Å². The van der Waals surface area contributed by atoms with E-state index < -0.39 is 0 Å². The summed E-state index contributed by atoms with van der Waals surface area (Å²) in [7, 11) is 0. The predicted octanol–water partition coefficient (Wildman–Crippen LogP) is 5.24.